The predicted molar refractivity (Wildman–Crippen MR) is 61.9 cm³/mol. The van der Waals surface area contributed by atoms with Gasteiger partial charge in [0.2, 0.25) is 5.95 Å². The third-order valence-electron chi connectivity index (χ3n) is 3.35. The third-order valence-corrected chi connectivity index (χ3v) is 3.35. The molecule has 1 aliphatic heterocycles. The molecule has 0 spiro atoms. The molecule has 1 fully saturated rings. The highest BCUT2D eigenvalue weighted by Crippen LogP contribution is 2.31. The number of carbonyl (C=O) groups is 1. The van der Waals surface area contributed by atoms with Crippen LogP contribution in [0.4, 0.5) is 5.95 Å². The molecule has 92 valence electrons. The van der Waals surface area contributed by atoms with Crippen molar-refractivity contribution in [1.82, 2.24) is 15.2 Å². The number of carboxylic acid groups (broad SMARTS) is 1. The molecule has 1 saturated heterocycles. The zero-order chi connectivity index (χ0) is 12.6. The predicted octanol–water partition coefficient (Wildman–Crippen LogP) is 0.789. The van der Waals surface area contributed by atoms with E-state index in [0.717, 1.165) is 11.4 Å². The molecule has 0 aromatic carbocycles. The lowest BCUT2D eigenvalue weighted by Gasteiger charge is -2.19. The largest absolute Gasteiger partial charge is 0.481 e. The zero-order valence-electron chi connectivity index (χ0n) is 10.3. The second kappa shape index (κ2) is 3.94. The first-order chi connectivity index (χ1) is 7.92. The van der Waals surface area contributed by atoms with Gasteiger partial charge < -0.3 is 10.0 Å². The quantitative estimate of drug-likeness (QED) is 0.817. The van der Waals surface area contributed by atoms with E-state index in [0.29, 0.717) is 25.5 Å². The Hall–Kier alpha value is -1.72. The summed E-state index contributed by atoms with van der Waals surface area (Å²) in [5.41, 5.74) is 0.926. The molecule has 0 saturated carbocycles. The molecular weight excluding hydrogens is 220 g/mol. The summed E-state index contributed by atoms with van der Waals surface area (Å²) in [6.45, 7) is 6.58. The summed E-state index contributed by atoms with van der Waals surface area (Å²) in [5.74, 6) is -0.241. The van der Waals surface area contributed by atoms with Gasteiger partial charge in [0.1, 0.15) is 0 Å². The lowest BCUT2D eigenvalue weighted by atomic mass is 9.90. The van der Waals surface area contributed by atoms with Gasteiger partial charge in [0.25, 0.3) is 0 Å². The van der Waals surface area contributed by atoms with Gasteiger partial charge in [0, 0.05) is 13.1 Å². The maximum Gasteiger partial charge on any atom is 0.311 e. The number of aryl methyl sites for hydroxylation is 2. The molecule has 1 aromatic rings. The fourth-order valence-corrected chi connectivity index (χ4v) is 1.89. The highest BCUT2D eigenvalue weighted by atomic mass is 16.4. The Morgan fingerprint density at radius 1 is 1.35 bits per heavy atom. The van der Waals surface area contributed by atoms with Crippen LogP contribution in [-0.2, 0) is 4.79 Å². The van der Waals surface area contributed by atoms with Crippen molar-refractivity contribution in [2.75, 3.05) is 18.0 Å². The highest BCUT2D eigenvalue weighted by Gasteiger charge is 2.41. The molecule has 1 aromatic heterocycles. The summed E-state index contributed by atoms with van der Waals surface area (Å²) in [7, 11) is 0. The molecule has 0 aliphatic carbocycles. The van der Waals surface area contributed by atoms with Gasteiger partial charge in [-0.2, -0.15) is 5.10 Å². The van der Waals surface area contributed by atoms with Crippen LogP contribution < -0.4 is 4.90 Å². The smallest absolute Gasteiger partial charge is 0.311 e. The minimum atomic E-state index is -0.767. The Kier molecular flexibility index (Phi) is 2.73. The van der Waals surface area contributed by atoms with E-state index in [-0.39, 0.29) is 0 Å². The summed E-state index contributed by atoms with van der Waals surface area (Å²) in [5, 5.41) is 17.2. The van der Waals surface area contributed by atoms with E-state index in [1.165, 1.54) is 0 Å². The first kappa shape index (κ1) is 11.8. The average molecular weight is 236 g/mol. The molecule has 6 nitrogen and oxygen atoms in total. The number of carboxylic acids is 1. The lowest BCUT2D eigenvalue weighted by molar-refractivity contribution is -0.146. The van der Waals surface area contributed by atoms with Crippen molar-refractivity contribution in [3.63, 3.8) is 0 Å². The number of rotatable bonds is 2. The Morgan fingerprint density at radius 2 is 2.06 bits per heavy atom. The summed E-state index contributed by atoms with van der Waals surface area (Å²) < 4.78 is 0. The van der Waals surface area contributed by atoms with E-state index < -0.39 is 11.4 Å². The lowest BCUT2D eigenvalue weighted by Crippen LogP contribution is -2.32. The average Bonchev–Trinajstić information content (AvgIpc) is 2.67. The molecule has 1 atom stereocenters. The monoisotopic (exact) mass is 236 g/mol. The van der Waals surface area contributed by atoms with Gasteiger partial charge in [-0.15, -0.1) is 5.10 Å². The van der Waals surface area contributed by atoms with Gasteiger partial charge in [-0.05, 0) is 27.2 Å². The van der Waals surface area contributed by atoms with Crippen molar-refractivity contribution < 1.29 is 9.90 Å². The number of nitrogens with zero attached hydrogens (tertiary/aromatic N) is 4. The Labute approximate surface area is 99.7 Å². The molecule has 0 radical (unpaired) electrons. The first-order valence-electron chi connectivity index (χ1n) is 5.59. The molecule has 0 amide bonds. The fraction of sp³-hybridized carbons (Fsp3) is 0.636. The Bertz CT molecular complexity index is 463. The van der Waals surface area contributed by atoms with Crippen LogP contribution in [-0.4, -0.2) is 39.3 Å². The van der Waals surface area contributed by atoms with E-state index >= 15 is 0 Å². The fourth-order valence-electron chi connectivity index (χ4n) is 1.89. The standard InChI is InChI=1S/C11H16N4O2/c1-7-8(2)13-14-10(12-7)15-5-4-11(3,6-15)9(16)17/h4-6H2,1-3H3,(H,16,17). The second-order valence-corrected chi connectivity index (χ2v) is 4.82. The van der Waals surface area contributed by atoms with Gasteiger partial charge in [0.05, 0.1) is 16.8 Å². The highest BCUT2D eigenvalue weighted by molar-refractivity contribution is 5.76. The summed E-state index contributed by atoms with van der Waals surface area (Å²) in [4.78, 5) is 17.4. The van der Waals surface area contributed by atoms with Crippen LogP contribution in [0.3, 0.4) is 0 Å². The van der Waals surface area contributed by atoms with Crippen LogP contribution in [0, 0.1) is 19.3 Å². The van der Waals surface area contributed by atoms with E-state index in [9.17, 15) is 4.79 Å². The Balaban J connectivity index is 2.21. The number of aromatic nitrogens is 3. The van der Waals surface area contributed by atoms with E-state index in [4.69, 9.17) is 5.11 Å². The number of hydrogen-bond acceptors (Lipinski definition) is 5. The van der Waals surface area contributed by atoms with Gasteiger partial charge in [0.15, 0.2) is 0 Å². The molecule has 1 aliphatic rings. The molecule has 6 heteroatoms. The number of anilines is 1. The van der Waals surface area contributed by atoms with Gasteiger partial charge in [-0.1, -0.05) is 0 Å². The van der Waals surface area contributed by atoms with Gasteiger partial charge in [-0.3, -0.25) is 4.79 Å². The van der Waals surface area contributed by atoms with Crippen molar-refractivity contribution in [2.45, 2.75) is 27.2 Å². The molecule has 1 N–H and O–H groups in total. The Morgan fingerprint density at radius 3 is 2.59 bits per heavy atom. The van der Waals surface area contributed by atoms with Gasteiger partial charge in [-0.25, -0.2) is 4.98 Å². The van der Waals surface area contributed by atoms with Crippen LogP contribution in [0.25, 0.3) is 0 Å². The number of hydrogen-bond donors (Lipinski definition) is 1. The summed E-state index contributed by atoms with van der Waals surface area (Å²) in [6, 6.07) is 0. The van der Waals surface area contributed by atoms with Crippen LogP contribution >= 0.6 is 0 Å². The molecular formula is C11H16N4O2. The first-order valence-corrected chi connectivity index (χ1v) is 5.59. The molecule has 2 heterocycles. The SMILES string of the molecule is Cc1nnc(N2CCC(C)(C(=O)O)C2)nc1C. The van der Waals surface area contributed by atoms with Crippen molar-refractivity contribution in [1.29, 1.82) is 0 Å². The van der Waals surface area contributed by atoms with Crippen LogP contribution in [0.5, 0.6) is 0 Å². The maximum atomic E-state index is 11.1. The minimum Gasteiger partial charge on any atom is -0.481 e. The molecule has 1 unspecified atom stereocenters. The molecule has 0 bridgehead atoms. The van der Waals surface area contributed by atoms with Crippen molar-refractivity contribution in [3.05, 3.63) is 11.4 Å². The minimum absolute atomic E-state index is 0.437. The summed E-state index contributed by atoms with van der Waals surface area (Å²) >= 11 is 0. The zero-order valence-corrected chi connectivity index (χ0v) is 10.3. The van der Waals surface area contributed by atoms with Crippen LogP contribution in [0.1, 0.15) is 24.7 Å². The van der Waals surface area contributed by atoms with Crippen molar-refractivity contribution in [3.8, 4) is 0 Å². The van der Waals surface area contributed by atoms with Crippen molar-refractivity contribution in [2.24, 2.45) is 5.41 Å². The topological polar surface area (TPSA) is 79.2 Å². The van der Waals surface area contributed by atoms with Crippen LogP contribution in [0.15, 0.2) is 0 Å². The van der Waals surface area contributed by atoms with Crippen LogP contribution in [0.2, 0.25) is 0 Å². The van der Waals surface area contributed by atoms with Gasteiger partial charge >= 0.3 is 5.97 Å². The van der Waals surface area contributed by atoms with E-state index in [1.807, 2.05) is 18.7 Å². The second-order valence-electron chi connectivity index (χ2n) is 4.82. The maximum absolute atomic E-state index is 11.1. The van der Waals surface area contributed by atoms with E-state index in [2.05, 4.69) is 15.2 Å². The van der Waals surface area contributed by atoms with Crippen molar-refractivity contribution >= 4 is 11.9 Å². The summed E-state index contributed by atoms with van der Waals surface area (Å²) in [6.07, 6.45) is 0.610. The number of aliphatic carboxylic acids is 1. The molecule has 2 rings (SSSR count). The van der Waals surface area contributed by atoms with E-state index in [1.54, 1.807) is 6.92 Å². The molecule has 17 heavy (non-hydrogen) atoms. The third kappa shape index (κ3) is 2.07. The normalized spacial score (nSPS) is 24.1.